The quantitative estimate of drug-likeness (QED) is 0.813. The molecule has 0 spiro atoms. The lowest BCUT2D eigenvalue weighted by Crippen LogP contribution is -2.53. The highest BCUT2D eigenvalue weighted by molar-refractivity contribution is 5.46. The van der Waals surface area contributed by atoms with Crippen molar-refractivity contribution in [2.45, 2.75) is 32.1 Å². The second kappa shape index (κ2) is 5.45. The summed E-state index contributed by atoms with van der Waals surface area (Å²) in [6.45, 7) is 6.02. The van der Waals surface area contributed by atoms with Gasteiger partial charge in [-0.15, -0.1) is 0 Å². The fourth-order valence-electron chi connectivity index (χ4n) is 2.58. The number of rotatable bonds is 3. The molecule has 5 heteroatoms. The van der Waals surface area contributed by atoms with Crippen molar-refractivity contribution in [1.29, 1.82) is 0 Å². The summed E-state index contributed by atoms with van der Waals surface area (Å²) in [4.78, 5) is 2.17. The number of nitrogens with zero attached hydrogens (tertiary/aromatic N) is 1. The monoisotopic (exact) mass is 268 g/mol. The van der Waals surface area contributed by atoms with Crippen molar-refractivity contribution in [3.8, 4) is 0 Å². The first kappa shape index (κ1) is 14.2. The van der Waals surface area contributed by atoms with Crippen LogP contribution in [0.3, 0.4) is 0 Å². The average Bonchev–Trinajstić information content (AvgIpc) is 2.31. The SMILES string of the molecule is CC1(C)CN(Cc2ccc(F)cc2N)CC(CO)O1. The van der Waals surface area contributed by atoms with Gasteiger partial charge in [0.1, 0.15) is 5.82 Å². The minimum absolute atomic E-state index is 0.00116. The largest absolute Gasteiger partial charge is 0.398 e. The van der Waals surface area contributed by atoms with Gasteiger partial charge < -0.3 is 15.6 Å². The number of nitrogen functional groups attached to an aromatic ring is 1. The number of anilines is 1. The lowest BCUT2D eigenvalue weighted by Gasteiger charge is -2.42. The van der Waals surface area contributed by atoms with Gasteiger partial charge in [-0.3, -0.25) is 4.90 Å². The van der Waals surface area contributed by atoms with Crippen LogP contribution >= 0.6 is 0 Å². The smallest absolute Gasteiger partial charge is 0.125 e. The molecular formula is C14H21FN2O2. The number of aliphatic hydroxyl groups excluding tert-OH is 1. The van der Waals surface area contributed by atoms with Crippen molar-refractivity contribution in [2.75, 3.05) is 25.4 Å². The van der Waals surface area contributed by atoms with Crippen LogP contribution in [0.2, 0.25) is 0 Å². The number of nitrogens with two attached hydrogens (primary N) is 1. The lowest BCUT2D eigenvalue weighted by atomic mass is 10.0. The molecule has 106 valence electrons. The molecule has 19 heavy (non-hydrogen) atoms. The van der Waals surface area contributed by atoms with E-state index in [2.05, 4.69) is 4.90 Å². The van der Waals surface area contributed by atoms with Gasteiger partial charge in [0.25, 0.3) is 0 Å². The van der Waals surface area contributed by atoms with Gasteiger partial charge in [0.15, 0.2) is 0 Å². The Morgan fingerprint density at radius 1 is 1.53 bits per heavy atom. The molecule has 4 nitrogen and oxygen atoms in total. The third-order valence-electron chi connectivity index (χ3n) is 3.26. The Morgan fingerprint density at radius 2 is 2.26 bits per heavy atom. The van der Waals surface area contributed by atoms with E-state index >= 15 is 0 Å². The molecule has 1 aromatic carbocycles. The van der Waals surface area contributed by atoms with Crippen LogP contribution in [-0.2, 0) is 11.3 Å². The summed E-state index contributed by atoms with van der Waals surface area (Å²) in [5, 5.41) is 9.27. The third-order valence-corrected chi connectivity index (χ3v) is 3.26. The second-order valence-corrected chi connectivity index (χ2v) is 5.69. The van der Waals surface area contributed by atoms with Gasteiger partial charge in [-0.05, 0) is 31.5 Å². The lowest BCUT2D eigenvalue weighted by molar-refractivity contribution is -0.150. The highest BCUT2D eigenvalue weighted by Gasteiger charge is 2.33. The number of ether oxygens (including phenoxy) is 1. The Morgan fingerprint density at radius 3 is 2.89 bits per heavy atom. The van der Waals surface area contributed by atoms with Gasteiger partial charge >= 0.3 is 0 Å². The molecule has 1 fully saturated rings. The molecule has 0 aliphatic carbocycles. The molecule has 1 heterocycles. The number of morpholine rings is 1. The van der Waals surface area contributed by atoms with E-state index in [1.165, 1.54) is 12.1 Å². The molecule has 1 saturated heterocycles. The van der Waals surface area contributed by atoms with Crippen molar-refractivity contribution >= 4 is 5.69 Å². The van der Waals surface area contributed by atoms with E-state index in [-0.39, 0.29) is 24.1 Å². The summed E-state index contributed by atoms with van der Waals surface area (Å²) in [5.41, 5.74) is 6.88. The highest BCUT2D eigenvalue weighted by atomic mass is 19.1. The van der Waals surface area contributed by atoms with E-state index in [0.29, 0.717) is 18.8 Å². The Bertz CT molecular complexity index is 451. The molecule has 2 rings (SSSR count). The van der Waals surface area contributed by atoms with Crippen molar-refractivity contribution in [3.63, 3.8) is 0 Å². The van der Waals surface area contributed by atoms with Crippen LogP contribution in [0.15, 0.2) is 18.2 Å². The predicted molar refractivity (Wildman–Crippen MR) is 72.1 cm³/mol. The normalized spacial score (nSPS) is 23.5. The maximum atomic E-state index is 13.0. The molecule has 0 radical (unpaired) electrons. The van der Waals surface area contributed by atoms with Gasteiger partial charge in [0.05, 0.1) is 18.3 Å². The Labute approximate surface area is 113 Å². The van der Waals surface area contributed by atoms with E-state index in [0.717, 1.165) is 12.1 Å². The standard InChI is InChI=1S/C14H21FN2O2/c1-14(2)9-17(7-12(8-18)19-14)6-10-3-4-11(15)5-13(10)16/h3-5,12,18H,6-9,16H2,1-2H3. The highest BCUT2D eigenvalue weighted by Crippen LogP contribution is 2.24. The first-order chi connectivity index (χ1) is 8.89. The summed E-state index contributed by atoms with van der Waals surface area (Å²) in [6, 6.07) is 4.46. The van der Waals surface area contributed by atoms with Gasteiger partial charge in [-0.2, -0.15) is 0 Å². The molecule has 1 aliphatic heterocycles. The average molecular weight is 268 g/mol. The molecular weight excluding hydrogens is 247 g/mol. The molecule has 0 aromatic heterocycles. The van der Waals surface area contributed by atoms with Gasteiger partial charge in [0.2, 0.25) is 0 Å². The third kappa shape index (κ3) is 3.65. The minimum Gasteiger partial charge on any atom is -0.398 e. The Kier molecular flexibility index (Phi) is 4.08. The van der Waals surface area contributed by atoms with Crippen LogP contribution < -0.4 is 5.73 Å². The number of hydrogen-bond acceptors (Lipinski definition) is 4. The number of benzene rings is 1. The summed E-state index contributed by atoms with van der Waals surface area (Å²) >= 11 is 0. The number of hydrogen-bond donors (Lipinski definition) is 2. The number of halogens is 1. The minimum atomic E-state index is -0.322. The summed E-state index contributed by atoms with van der Waals surface area (Å²) < 4.78 is 18.8. The van der Waals surface area contributed by atoms with Gasteiger partial charge in [-0.1, -0.05) is 6.07 Å². The molecule has 0 saturated carbocycles. The maximum absolute atomic E-state index is 13.0. The van der Waals surface area contributed by atoms with E-state index in [1.807, 2.05) is 13.8 Å². The van der Waals surface area contributed by atoms with Crippen molar-refractivity contribution < 1.29 is 14.2 Å². The fourth-order valence-corrected chi connectivity index (χ4v) is 2.58. The maximum Gasteiger partial charge on any atom is 0.125 e. The zero-order valence-corrected chi connectivity index (χ0v) is 11.4. The van der Waals surface area contributed by atoms with Gasteiger partial charge in [-0.25, -0.2) is 4.39 Å². The first-order valence-corrected chi connectivity index (χ1v) is 6.44. The number of aliphatic hydroxyl groups is 1. The topological polar surface area (TPSA) is 58.7 Å². The zero-order chi connectivity index (χ0) is 14.0. The molecule has 1 aliphatic rings. The van der Waals surface area contributed by atoms with Gasteiger partial charge in [0, 0.05) is 25.3 Å². The van der Waals surface area contributed by atoms with Crippen molar-refractivity contribution in [2.24, 2.45) is 0 Å². The van der Waals surface area contributed by atoms with Crippen LogP contribution in [0.1, 0.15) is 19.4 Å². The predicted octanol–water partition coefficient (Wildman–Crippen LogP) is 1.38. The summed E-state index contributed by atoms with van der Waals surface area (Å²) in [5.74, 6) is -0.322. The van der Waals surface area contributed by atoms with E-state index in [1.54, 1.807) is 6.07 Å². The van der Waals surface area contributed by atoms with Crippen LogP contribution in [0.25, 0.3) is 0 Å². The van der Waals surface area contributed by atoms with Crippen LogP contribution in [0.4, 0.5) is 10.1 Å². The molecule has 3 N–H and O–H groups in total. The summed E-state index contributed by atoms with van der Waals surface area (Å²) in [7, 11) is 0. The molecule has 1 unspecified atom stereocenters. The molecule has 1 atom stereocenters. The van der Waals surface area contributed by atoms with Crippen LogP contribution in [0, 0.1) is 5.82 Å². The first-order valence-electron chi connectivity index (χ1n) is 6.44. The molecule has 1 aromatic rings. The Hall–Kier alpha value is -1.17. The van der Waals surface area contributed by atoms with E-state index in [4.69, 9.17) is 10.5 Å². The van der Waals surface area contributed by atoms with Crippen molar-refractivity contribution in [1.82, 2.24) is 4.90 Å². The Balaban J connectivity index is 2.09. The second-order valence-electron chi connectivity index (χ2n) is 5.69. The van der Waals surface area contributed by atoms with E-state index < -0.39 is 0 Å². The zero-order valence-electron chi connectivity index (χ0n) is 11.4. The molecule has 0 bridgehead atoms. The van der Waals surface area contributed by atoms with Crippen molar-refractivity contribution in [3.05, 3.63) is 29.6 Å². The van der Waals surface area contributed by atoms with Crippen LogP contribution in [-0.4, -0.2) is 41.4 Å². The molecule has 0 amide bonds. The van der Waals surface area contributed by atoms with E-state index in [9.17, 15) is 9.50 Å². The summed E-state index contributed by atoms with van der Waals surface area (Å²) in [6.07, 6.45) is -0.189. The van der Waals surface area contributed by atoms with Crippen LogP contribution in [0.5, 0.6) is 0 Å². The fraction of sp³-hybridized carbons (Fsp3) is 0.571.